The topological polar surface area (TPSA) is 126 Å². The first kappa shape index (κ1) is 51.4. The zero-order valence-electron chi connectivity index (χ0n) is 35.2. The molecule has 0 radical (unpaired) electrons. The zero-order chi connectivity index (χ0) is 46.3. The van der Waals surface area contributed by atoms with Crippen LogP contribution in [0, 0.1) is 11.8 Å². The number of carbonyl (C=O) groups is 4. The van der Waals surface area contributed by atoms with Crippen molar-refractivity contribution < 1.29 is 45.5 Å². The standard InChI is InChI=1S/C22H24F3N3O2S.C14H11F3N2OS.C8H14ClNO/c1-28-10-7-14(8-11-28)19(29)13-17(15-4-3-5-16(12-15)22(23,24)25)20(30)18-6-9-26-21(27-18)31-2;1-21-13-18-6-5-11(19-13)12(20)8-9-3-2-4-10(7-9)14(15,16)17;1-10-4-2-7(3-5-10)8(11)6-9/h3-6,9,12,14,17H,7-8,10-11,13H2,1-2H3;2-7H,8H2,1H3;7H,2-6H2,1H3. The molecule has 1 atom stereocenters. The first-order valence-electron chi connectivity index (χ1n) is 20.0. The summed E-state index contributed by atoms with van der Waals surface area (Å²) in [7, 11) is 4.06. The Hall–Kier alpha value is -4.23. The van der Waals surface area contributed by atoms with Gasteiger partial charge in [-0.25, -0.2) is 19.9 Å². The molecular formula is C44H49ClF6N6O4S2. The number of rotatable bonds is 13. The number of hydrogen-bond donors (Lipinski definition) is 0. The van der Waals surface area contributed by atoms with Crippen LogP contribution in [0.15, 0.2) is 83.4 Å². The Bertz CT molecular complexity index is 2170. The summed E-state index contributed by atoms with van der Waals surface area (Å²) in [5.41, 5.74) is -0.837. The summed E-state index contributed by atoms with van der Waals surface area (Å²) in [5, 5.41) is 0.833. The van der Waals surface area contributed by atoms with E-state index in [-0.39, 0.29) is 64.9 Å². The van der Waals surface area contributed by atoms with Crippen molar-refractivity contribution in [3.8, 4) is 0 Å². The molecule has 6 rings (SSSR count). The predicted molar refractivity (Wildman–Crippen MR) is 231 cm³/mol. The summed E-state index contributed by atoms with van der Waals surface area (Å²) in [5.74, 6) is -1.48. The molecule has 2 aliphatic heterocycles. The molecule has 19 heteroatoms. The van der Waals surface area contributed by atoms with Gasteiger partial charge in [0.1, 0.15) is 17.2 Å². The Labute approximate surface area is 376 Å². The van der Waals surface area contributed by atoms with Crippen LogP contribution in [0.5, 0.6) is 0 Å². The summed E-state index contributed by atoms with van der Waals surface area (Å²) >= 11 is 8.00. The maximum absolute atomic E-state index is 13.3. The monoisotopic (exact) mass is 938 g/mol. The fourth-order valence-corrected chi connectivity index (χ4v) is 7.84. The van der Waals surface area contributed by atoms with Crippen molar-refractivity contribution in [3.63, 3.8) is 0 Å². The molecule has 2 fully saturated rings. The number of likely N-dealkylation sites (tertiary alicyclic amines) is 2. The Morgan fingerprint density at radius 3 is 1.68 bits per heavy atom. The number of nitrogens with zero attached hydrogens (tertiary/aromatic N) is 6. The van der Waals surface area contributed by atoms with Crippen LogP contribution < -0.4 is 0 Å². The lowest BCUT2D eigenvalue weighted by Crippen LogP contribution is -2.34. The highest BCUT2D eigenvalue weighted by molar-refractivity contribution is 7.98. The fraction of sp³-hybridized carbons (Fsp3) is 0.455. The fourth-order valence-electron chi connectivity index (χ4n) is 6.91. The second-order valence-corrected chi connectivity index (χ2v) is 16.9. The SMILES string of the molecule is CN1CCC(C(=O)CCl)CC1.CSc1nccc(C(=O)C(CC(=O)C2CCN(C)CC2)c2cccc(C(F)(F)F)c2)n1.CSc1nccc(C(=O)Cc2cccc(C(F)(F)F)c2)n1. The van der Waals surface area contributed by atoms with Gasteiger partial charge < -0.3 is 9.80 Å². The van der Waals surface area contributed by atoms with Gasteiger partial charge >= 0.3 is 12.4 Å². The predicted octanol–water partition coefficient (Wildman–Crippen LogP) is 9.26. The van der Waals surface area contributed by atoms with Crippen molar-refractivity contribution in [2.75, 3.05) is 58.7 Å². The summed E-state index contributed by atoms with van der Waals surface area (Å²) in [6.45, 7) is 3.63. The number of benzene rings is 2. The minimum Gasteiger partial charge on any atom is -0.306 e. The third-order valence-corrected chi connectivity index (χ3v) is 12.0. The Morgan fingerprint density at radius 2 is 1.17 bits per heavy atom. The normalized spacial score (nSPS) is 15.9. The van der Waals surface area contributed by atoms with Crippen LogP contribution in [0.3, 0.4) is 0 Å². The molecule has 0 bridgehead atoms. The van der Waals surface area contributed by atoms with Crippen molar-refractivity contribution >= 4 is 58.3 Å². The number of aromatic nitrogens is 4. The third kappa shape index (κ3) is 16.1. The van der Waals surface area contributed by atoms with Gasteiger partial charge in [0.05, 0.1) is 22.9 Å². The Balaban J connectivity index is 0.000000233. The lowest BCUT2D eigenvalue weighted by Gasteiger charge is -2.29. The van der Waals surface area contributed by atoms with Gasteiger partial charge in [-0.2, -0.15) is 26.3 Å². The summed E-state index contributed by atoms with van der Waals surface area (Å²) in [6.07, 6.45) is 0.542. The Morgan fingerprint density at radius 1 is 0.698 bits per heavy atom. The van der Waals surface area contributed by atoms with E-state index in [2.05, 4.69) is 36.8 Å². The van der Waals surface area contributed by atoms with E-state index in [1.807, 2.05) is 7.05 Å². The molecule has 0 N–H and O–H groups in total. The molecule has 2 aliphatic rings. The summed E-state index contributed by atoms with van der Waals surface area (Å²) < 4.78 is 77.6. The van der Waals surface area contributed by atoms with Crippen molar-refractivity contribution in [2.45, 2.75) is 67.1 Å². The molecule has 1 unspecified atom stereocenters. The lowest BCUT2D eigenvalue weighted by molar-refractivity contribution is -0.138. The van der Waals surface area contributed by atoms with Gasteiger partial charge in [0, 0.05) is 37.1 Å². The number of ketones is 4. The molecule has 4 aromatic rings. The van der Waals surface area contributed by atoms with Crippen LogP contribution in [0.4, 0.5) is 26.3 Å². The van der Waals surface area contributed by atoms with E-state index in [0.717, 1.165) is 63.3 Å². The number of hydrogen-bond acceptors (Lipinski definition) is 12. The number of carbonyl (C=O) groups excluding carboxylic acids is 4. The zero-order valence-corrected chi connectivity index (χ0v) is 37.6. The van der Waals surface area contributed by atoms with Gasteiger partial charge in [0.25, 0.3) is 0 Å². The number of Topliss-reactive ketones (excluding diaryl/α,β-unsaturated/α-hetero) is 4. The number of piperidine rings is 2. The first-order chi connectivity index (χ1) is 29.8. The highest BCUT2D eigenvalue weighted by Gasteiger charge is 2.35. The van der Waals surface area contributed by atoms with Gasteiger partial charge in [-0.05, 0) is 114 Å². The van der Waals surface area contributed by atoms with Crippen molar-refractivity contribution in [1.29, 1.82) is 0 Å². The van der Waals surface area contributed by atoms with E-state index in [4.69, 9.17) is 11.6 Å². The molecule has 0 aliphatic carbocycles. The third-order valence-electron chi connectivity index (χ3n) is 10.6. The van der Waals surface area contributed by atoms with E-state index >= 15 is 0 Å². The van der Waals surface area contributed by atoms with Gasteiger partial charge in [-0.15, -0.1) is 11.6 Å². The van der Waals surface area contributed by atoms with E-state index < -0.39 is 35.2 Å². The molecule has 2 aromatic carbocycles. The molecule has 0 spiro atoms. The van der Waals surface area contributed by atoms with Crippen LogP contribution in [-0.2, 0) is 28.4 Å². The van der Waals surface area contributed by atoms with Crippen LogP contribution in [0.2, 0.25) is 0 Å². The van der Waals surface area contributed by atoms with Gasteiger partial charge in [-0.1, -0.05) is 59.9 Å². The maximum Gasteiger partial charge on any atom is 0.416 e. The lowest BCUT2D eigenvalue weighted by atomic mass is 9.82. The van der Waals surface area contributed by atoms with Crippen LogP contribution in [0.1, 0.15) is 81.3 Å². The van der Waals surface area contributed by atoms with Gasteiger partial charge in [-0.3, -0.25) is 19.2 Å². The minimum atomic E-state index is -4.54. The van der Waals surface area contributed by atoms with Crippen LogP contribution >= 0.6 is 35.1 Å². The van der Waals surface area contributed by atoms with Gasteiger partial charge in [0.15, 0.2) is 27.7 Å². The minimum absolute atomic E-state index is 0.0944. The smallest absolute Gasteiger partial charge is 0.306 e. The van der Waals surface area contributed by atoms with Crippen LogP contribution in [-0.4, -0.2) is 112 Å². The maximum atomic E-state index is 13.3. The van der Waals surface area contributed by atoms with E-state index in [1.54, 1.807) is 12.5 Å². The molecule has 2 saturated heterocycles. The molecule has 63 heavy (non-hydrogen) atoms. The molecule has 0 saturated carbocycles. The molecular weight excluding hydrogens is 890 g/mol. The Kier molecular flexibility index (Phi) is 19.7. The average Bonchev–Trinajstić information content (AvgIpc) is 3.28. The summed E-state index contributed by atoms with van der Waals surface area (Å²) in [4.78, 5) is 70.1. The largest absolute Gasteiger partial charge is 0.416 e. The highest BCUT2D eigenvalue weighted by atomic mass is 35.5. The molecule has 0 amide bonds. The number of halogens is 7. The van der Waals surface area contributed by atoms with Gasteiger partial charge in [0.2, 0.25) is 0 Å². The average molecular weight is 939 g/mol. The summed E-state index contributed by atoms with van der Waals surface area (Å²) in [6, 6.07) is 12.3. The first-order valence-corrected chi connectivity index (χ1v) is 22.9. The highest BCUT2D eigenvalue weighted by Crippen LogP contribution is 2.34. The van der Waals surface area contributed by atoms with Crippen molar-refractivity contribution in [1.82, 2.24) is 29.7 Å². The van der Waals surface area contributed by atoms with E-state index in [1.165, 1.54) is 72.3 Å². The molecule has 4 heterocycles. The molecule has 2 aromatic heterocycles. The molecule has 340 valence electrons. The quantitative estimate of drug-likeness (QED) is 0.0417. The number of thioether (sulfide) groups is 2. The second-order valence-electron chi connectivity index (χ2n) is 15.1. The van der Waals surface area contributed by atoms with Crippen molar-refractivity contribution in [2.24, 2.45) is 11.8 Å². The molecule has 10 nitrogen and oxygen atoms in total. The van der Waals surface area contributed by atoms with Crippen LogP contribution in [0.25, 0.3) is 0 Å². The van der Waals surface area contributed by atoms with Crippen molar-refractivity contribution in [3.05, 3.63) is 107 Å². The second kappa shape index (κ2) is 24.2. The van der Waals surface area contributed by atoms with E-state index in [0.29, 0.717) is 28.7 Å². The number of alkyl halides is 7. The van der Waals surface area contributed by atoms with E-state index in [9.17, 15) is 45.5 Å².